The molecule has 0 fully saturated rings. The first kappa shape index (κ1) is 16.8. The highest BCUT2D eigenvalue weighted by Crippen LogP contribution is 2.25. The topological polar surface area (TPSA) is 77.9 Å². The standard InChI is InChI=1S/C20H19N5O2/c1-14-8-9-18(27-14)19-17(13-25(23-19)16-6-4-3-5-7-16)20(26)21-10-15-11-22-24(2)12-15/h3-9,11-13H,10H2,1-2H3,(H,21,26). The van der Waals surface area contributed by atoms with Crippen LogP contribution < -0.4 is 5.32 Å². The average molecular weight is 361 g/mol. The van der Waals surface area contributed by atoms with Crippen LogP contribution in [-0.2, 0) is 13.6 Å². The summed E-state index contributed by atoms with van der Waals surface area (Å²) < 4.78 is 9.09. The normalized spacial score (nSPS) is 10.9. The van der Waals surface area contributed by atoms with Crippen molar-refractivity contribution in [3.8, 4) is 17.1 Å². The van der Waals surface area contributed by atoms with E-state index in [2.05, 4.69) is 15.5 Å². The van der Waals surface area contributed by atoms with Crippen molar-refractivity contribution in [3.05, 3.63) is 77.9 Å². The van der Waals surface area contributed by atoms with Crippen LogP contribution in [-0.4, -0.2) is 25.5 Å². The minimum absolute atomic E-state index is 0.218. The minimum Gasteiger partial charge on any atom is -0.460 e. The molecule has 0 unspecified atom stereocenters. The van der Waals surface area contributed by atoms with Crippen molar-refractivity contribution in [2.24, 2.45) is 7.05 Å². The molecule has 0 bridgehead atoms. The van der Waals surface area contributed by atoms with E-state index < -0.39 is 0 Å². The van der Waals surface area contributed by atoms with Crippen LogP contribution in [0.3, 0.4) is 0 Å². The molecule has 3 aromatic heterocycles. The molecule has 0 spiro atoms. The number of rotatable bonds is 5. The molecule has 0 aliphatic carbocycles. The number of carbonyl (C=O) groups excluding carboxylic acids is 1. The first-order chi connectivity index (χ1) is 13.1. The van der Waals surface area contributed by atoms with Crippen molar-refractivity contribution in [2.45, 2.75) is 13.5 Å². The number of para-hydroxylation sites is 1. The third-order valence-electron chi connectivity index (χ3n) is 4.16. The molecule has 3 heterocycles. The van der Waals surface area contributed by atoms with Crippen LogP contribution in [0.15, 0.2) is 65.5 Å². The number of aryl methyl sites for hydroxylation is 2. The van der Waals surface area contributed by atoms with Crippen molar-refractivity contribution in [1.29, 1.82) is 0 Å². The SMILES string of the molecule is Cc1ccc(-c2nn(-c3ccccc3)cc2C(=O)NCc2cnn(C)c2)o1. The fraction of sp³-hybridized carbons (Fsp3) is 0.150. The van der Waals surface area contributed by atoms with Crippen LogP contribution in [0.2, 0.25) is 0 Å². The Morgan fingerprint density at radius 3 is 2.63 bits per heavy atom. The smallest absolute Gasteiger partial charge is 0.255 e. The molecule has 0 saturated carbocycles. The van der Waals surface area contributed by atoms with E-state index in [1.165, 1.54) is 0 Å². The Hall–Kier alpha value is -3.61. The quantitative estimate of drug-likeness (QED) is 0.592. The highest BCUT2D eigenvalue weighted by Gasteiger charge is 2.20. The number of nitrogens with one attached hydrogen (secondary N) is 1. The number of amides is 1. The molecule has 0 aliphatic heterocycles. The Labute approximate surface area is 156 Å². The Kier molecular flexibility index (Phi) is 4.33. The molecule has 4 aromatic rings. The lowest BCUT2D eigenvalue weighted by molar-refractivity contribution is 0.0951. The summed E-state index contributed by atoms with van der Waals surface area (Å²) in [7, 11) is 1.84. The fourth-order valence-electron chi connectivity index (χ4n) is 2.84. The molecule has 7 nitrogen and oxygen atoms in total. The van der Waals surface area contributed by atoms with Gasteiger partial charge in [-0.15, -0.1) is 0 Å². The molecule has 136 valence electrons. The summed E-state index contributed by atoms with van der Waals surface area (Å²) in [4.78, 5) is 12.8. The number of furan rings is 1. The first-order valence-corrected chi connectivity index (χ1v) is 8.58. The summed E-state index contributed by atoms with van der Waals surface area (Å²) in [5.74, 6) is 1.11. The van der Waals surface area contributed by atoms with Crippen LogP contribution in [0.1, 0.15) is 21.7 Å². The molecular formula is C20H19N5O2. The van der Waals surface area contributed by atoms with Crippen LogP contribution in [0.4, 0.5) is 0 Å². The van der Waals surface area contributed by atoms with Gasteiger partial charge in [0.25, 0.3) is 5.91 Å². The number of benzene rings is 1. The van der Waals surface area contributed by atoms with Crippen molar-refractivity contribution in [1.82, 2.24) is 24.9 Å². The number of hydrogen-bond acceptors (Lipinski definition) is 4. The van der Waals surface area contributed by atoms with Gasteiger partial charge < -0.3 is 9.73 Å². The maximum absolute atomic E-state index is 12.8. The molecule has 1 aromatic carbocycles. The molecule has 0 saturated heterocycles. The largest absolute Gasteiger partial charge is 0.460 e. The van der Waals surface area contributed by atoms with E-state index in [9.17, 15) is 4.79 Å². The molecule has 0 atom stereocenters. The highest BCUT2D eigenvalue weighted by atomic mass is 16.3. The summed E-state index contributed by atoms with van der Waals surface area (Å²) in [6.07, 6.45) is 5.32. The molecule has 27 heavy (non-hydrogen) atoms. The van der Waals surface area contributed by atoms with Gasteiger partial charge in [-0.25, -0.2) is 4.68 Å². The monoisotopic (exact) mass is 361 g/mol. The van der Waals surface area contributed by atoms with Gasteiger partial charge in [-0.2, -0.15) is 10.2 Å². The van der Waals surface area contributed by atoms with Gasteiger partial charge in [0.1, 0.15) is 11.5 Å². The van der Waals surface area contributed by atoms with E-state index in [1.807, 2.05) is 62.6 Å². The summed E-state index contributed by atoms with van der Waals surface area (Å²) in [5.41, 5.74) is 2.76. The number of aromatic nitrogens is 4. The molecule has 0 radical (unpaired) electrons. The number of nitrogens with zero attached hydrogens (tertiary/aromatic N) is 4. The zero-order valence-electron chi connectivity index (χ0n) is 15.1. The lowest BCUT2D eigenvalue weighted by atomic mass is 10.2. The van der Waals surface area contributed by atoms with Gasteiger partial charge in [-0.05, 0) is 31.2 Å². The van der Waals surface area contributed by atoms with Crippen molar-refractivity contribution in [3.63, 3.8) is 0 Å². The van der Waals surface area contributed by atoms with E-state index in [1.54, 1.807) is 21.8 Å². The van der Waals surface area contributed by atoms with Crippen LogP contribution in [0.5, 0.6) is 0 Å². The maximum atomic E-state index is 12.8. The Morgan fingerprint density at radius 1 is 1.15 bits per heavy atom. The third kappa shape index (κ3) is 3.52. The van der Waals surface area contributed by atoms with Crippen LogP contribution in [0.25, 0.3) is 17.1 Å². The molecule has 7 heteroatoms. The minimum atomic E-state index is -0.218. The lowest BCUT2D eigenvalue weighted by Crippen LogP contribution is -2.22. The van der Waals surface area contributed by atoms with E-state index in [0.717, 1.165) is 17.0 Å². The van der Waals surface area contributed by atoms with E-state index in [-0.39, 0.29) is 5.91 Å². The number of carbonyl (C=O) groups is 1. The predicted octanol–water partition coefficient (Wildman–Crippen LogP) is 3.10. The summed E-state index contributed by atoms with van der Waals surface area (Å²) in [6, 6.07) is 13.3. The molecule has 0 aliphatic rings. The maximum Gasteiger partial charge on any atom is 0.255 e. The van der Waals surface area contributed by atoms with Crippen molar-refractivity contribution < 1.29 is 9.21 Å². The zero-order valence-corrected chi connectivity index (χ0v) is 15.1. The summed E-state index contributed by atoms with van der Waals surface area (Å²) in [6.45, 7) is 2.25. The van der Waals surface area contributed by atoms with Crippen molar-refractivity contribution in [2.75, 3.05) is 0 Å². The summed E-state index contributed by atoms with van der Waals surface area (Å²) in [5, 5.41) is 11.6. The molecular weight excluding hydrogens is 342 g/mol. The van der Waals surface area contributed by atoms with Gasteiger partial charge in [0, 0.05) is 31.5 Å². The molecule has 4 rings (SSSR count). The Morgan fingerprint density at radius 2 is 1.96 bits per heavy atom. The van der Waals surface area contributed by atoms with Gasteiger partial charge in [-0.1, -0.05) is 18.2 Å². The van der Waals surface area contributed by atoms with Crippen LogP contribution >= 0.6 is 0 Å². The van der Waals surface area contributed by atoms with Crippen molar-refractivity contribution >= 4 is 5.91 Å². The van der Waals surface area contributed by atoms with Gasteiger partial charge in [0.2, 0.25) is 0 Å². The average Bonchev–Trinajstić information content (AvgIpc) is 3.40. The second kappa shape index (κ2) is 6.95. The predicted molar refractivity (Wildman–Crippen MR) is 100 cm³/mol. The van der Waals surface area contributed by atoms with E-state index >= 15 is 0 Å². The Balaban J connectivity index is 1.67. The second-order valence-electron chi connectivity index (χ2n) is 6.29. The lowest BCUT2D eigenvalue weighted by Gasteiger charge is -2.02. The zero-order chi connectivity index (χ0) is 18.8. The van der Waals surface area contributed by atoms with Gasteiger partial charge >= 0.3 is 0 Å². The van der Waals surface area contributed by atoms with E-state index in [0.29, 0.717) is 23.6 Å². The van der Waals surface area contributed by atoms with E-state index in [4.69, 9.17) is 4.42 Å². The fourth-order valence-corrected chi connectivity index (χ4v) is 2.84. The number of hydrogen-bond donors (Lipinski definition) is 1. The summed E-state index contributed by atoms with van der Waals surface area (Å²) >= 11 is 0. The first-order valence-electron chi connectivity index (χ1n) is 8.58. The van der Waals surface area contributed by atoms with Gasteiger partial charge in [0.15, 0.2) is 5.76 Å². The molecule has 1 amide bonds. The second-order valence-corrected chi connectivity index (χ2v) is 6.29. The Bertz CT molecular complexity index is 1070. The van der Waals surface area contributed by atoms with Crippen LogP contribution in [0, 0.1) is 6.92 Å². The third-order valence-corrected chi connectivity index (χ3v) is 4.16. The highest BCUT2D eigenvalue weighted by molar-refractivity contribution is 5.99. The van der Waals surface area contributed by atoms with Gasteiger partial charge in [-0.3, -0.25) is 9.48 Å². The van der Waals surface area contributed by atoms with Gasteiger partial charge in [0.05, 0.1) is 17.4 Å². The molecule has 1 N–H and O–H groups in total.